The molecule has 2 aromatic rings. The molecule has 0 radical (unpaired) electrons. The SMILES string of the molecule is C[Si](C)(O)c1cccc(N=Nc2cccc([Si](C)(C)O)c2)c1. The molecule has 0 aliphatic carbocycles. The van der Waals surface area contributed by atoms with E-state index >= 15 is 0 Å². The zero-order valence-electron chi connectivity index (χ0n) is 13.4. The van der Waals surface area contributed by atoms with Gasteiger partial charge in [-0.1, -0.05) is 24.3 Å². The molecule has 0 amide bonds. The maximum absolute atomic E-state index is 10.2. The highest BCUT2D eigenvalue weighted by molar-refractivity contribution is 6.83. The Morgan fingerprint density at radius 2 is 1.05 bits per heavy atom. The fourth-order valence-corrected chi connectivity index (χ4v) is 4.02. The van der Waals surface area contributed by atoms with Gasteiger partial charge in [0.05, 0.1) is 11.4 Å². The van der Waals surface area contributed by atoms with Crippen LogP contribution in [-0.4, -0.2) is 26.2 Å². The molecule has 0 saturated heterocycles. The Hall–Kier alpha value is -1.61. The van der Waals surface area contributed by atoms with Crippen LogP contribution in [0.15, 0.2) is 58.8 Å². The largest absolute Gasteiger partial charge is 0.428 e. The zero-order valence-corrected chi connectivity index (χ0v) is 15.4. The Labute approximate surface area is 133 Å². The summed E-state index contributed by atoms with van der Waals surface area (Å²) in [4.78, 5) is 20.3. The first-order chi connectivity index (χ1) is 10.2. The highest BCUT2D eigenvalue weighted by atomic mass is 28.4. The lowest BCUT2D eigenvalue weighted by molar-refractivity contribution is 0.567. The summed E-state index contributed by atoms with van der Waals surface area (Å²) in [5.74, 6) is 0. The van der Waals surface area contributed by atoms with Crippen molar-refractivity contribution in [3.8, 4) is 0 Å². The van der Waals surface area contributed by atoms with E-state index in [0.717, 1.165) is 21.7 Å². The Kier molecular flexibility index (Phi) is 4.76. The highest BCUT2D eigenvalue weighted by Gasteiger charge is 2.21. The lowest BCUT2D eigenvalue weighted by atomic mass is 10.3. The Balaban J connectivity index is 2.26. The summed E-state index contributed by atoms with van der Waals surface area (Å²) in [5.41, 5.74) is 1.44. The molecule has 2 aromatic carbocycles. The van der Waals surface area contributed by atoms with Gasteiger partial charge in [0.2, 0.25) is 16.6 Å². The maximum Gasteiger partial charge on any atom is 0.214 e. The molecule has 2 N–H and O–H groups in total. The van der Waals surface area contributed by atoms with E-state index in [1.165, 1.54) is 0 Å². The van der Waals surface area contributed by atoms with Crippen LogP contribution in [0.25, 0.3) is 0 Å². The second kappa shape index (κ2) is 6.25. The smallest absolute Gasteiger partial charge is 0.214 e. The molecule has 6 heteroatoms. The summed E-state index contributed by atoms with van der Waals surface area (Å²) < 4.78 is 0. The number of rotatable bonds is 4. The molecule has 0 atom stereocenters. The van der Waals surface area contributed by atoms with Gasteiger partial charge in [0.15, 0.2) is 0 Å². The minimum Gasteiger partial charge on any atom is -0.428 e. The van der Waals surface area contributed by atoms with Crippen molar-refractivity contribution in [2.45, 2.75) is 26.2 Å². The van der Waals surface area contributed by atoms with Gasteiger partial charge < -0.3 is 9.59 Å². The van der Waals surface area contributed by atoms with Gasteiger partial charge in [-0.05, 0) is 60.8 Å². The second-order valence-electron chi connectivity index (χ2n) is 6.42. The number of benzene rings is 2. The van der Waals surface area contributed by atoms with Crippen LogP contribution in [0.5, 0.6) is 0 Å². The minimum atomic E-state index is -2.34. The first kappa shape index (κ1) is 16.8. The number of hydrogen-bond donors (Lipinski definition) is 2. The van der Waals surface area contributed by atoms with Crippen molar-refractivity contribution >= 4 is 38.4 Å². The molecule has 0 unspecified atom stereocenters. The van der Waals surface area contributed by atoms with Gasteiger partial charge in [-0.2, -0.15) is 10.2 Å². The number of nitrogens with zero attached hydrogens (tertiary/aromatic N) is 2. The van der Waals surface area contributed by atoms with Crippen LogP contribution in [0.2, 0.25) is 26.2 Å². The summed E-state index contributed by atoms with van der Waals surface area (Å²) in [7, 11) is -4.67. The monoisotopic (exact) mass is 330 g/mol. The van der Waals surface area contributed by atoms with Crippen molar-refractivity contribution in [2.75, 3.05) is 0 Å². The molecule has 0 aliphatic rings. The van der Waals surface area contributed by atoms with E-state index in [4.69, 9.17) is 0 Å². The van der Waals surface area contributed by atoms with Gasteiger partial charge in [-0.15, -0.1) is 0 Å². The summed E-state index contributed by atoms with van der Waals surface area (Å²) >= 11 is 0. The van der Waals surface area contributed by atoms with Crippen molar-refractivity contribution in [1.82, 2.24) is 0 Å². The van der Waals surface area contributed by atoms with Crippen molar-refractivity contribution in [3.05, 3.63) is 48.5 Å². The summed E-state index contributed by atoms with van der Waals surface area (Å²) in [6.45, 7) is 7.50. The Morgan fingerprint density at radius 1 is 0.682 bits per heavy atom. The third kappa shape index (κ3) is 4.44. The molecular formula is C16H22N2O2Si2. The van der Waals surface area contributed by atoms with Crippen LogP contribution in [-0.2, 0) is 0 Å². The molecule has 0 saturated carbocycles. The Bertz CT molecular complexity index is 630. The fraction of sp³-hybridized carbons (Fsp3) is 0.250. The van der Waals surface area contributed by atoms with E-state index in [2.05, 4.69) is 10.2 Å². The molecule has 0 aliphatic heterocycles. The molecule has 0 spiro atoms. The number of azo groups is 1. The van der Waals surface area contributed by atoms with Crippen molar-refractivity contribution in [1.29, 1.82) is 0 Å². The minimum absolute atomic E-state index is 0.720. The molecule has 0 bridgehead atoms. The average molecular weight is 331 g/mol. The van der Waals surface area contributed by atoms with Gasteiger partial charge in [0, 0.05) is 0 Å². The third-order valence-corrected chi connectivity index (χ3v) is 6.83. The van der Waals surface area contributed by atoms with E-state index in [1.54, 1.807) is 0 Å². The van der Waals surface area contributed by atoms with Crippen LogP contribution in [0.4, 0.5) is 11.4 Å². The van der Waals surface area contributed by atoms with Crippen LogP contribution in [0, 0.1) is 0 Å². The van der Waals surface area contributed by atoms with E-state index < -0.39 is 16.6 Å². The molecule has 2 rings (SSSR count). The summed E-state index contributed by atoms with van der Waals surface area (Å²) in [6, 6.07) is 15.1. The summed E-state index contributed by atoms with van der Waals surface area (Å²) in [5, 5.41) is 10.4. The predicted molar refractivity (Wildman–Crippen MR) is 95.7 cm³/mol. The molecule has 0 aromatic heterocycles. The van der Waals surface area contributed by atoms with E-state index in [0.29, 0.717) is 0 Å². The number of hydrogen-bond acceptors (Lipinski definition) is 4. The van der Waals surface area contributed by atoms with Crippen molar-refractivity contribution in [2.24, 2.45) is 10.2 Å². The fourth-order valence-electron chi connectivity index (χ4n) is 2.01. The topological polar surface area (TPSA) is 65.2 Å². The van der Waals surface area contributed by atoms with E-state index in [9.17, 15) is 9.59 Å². The standard InChI is InChI=1S/C16H22N2O2Si2/c1-21(2,19)15-9-5-7-13(11-15)17-18-14-8-6-10-16(12-14)22(3,4)20/h5-12,19-20H,1-4H3. The molecule has 22 heavy (non-hydrogen) atoms. The molecule has 0 fully saturated rings. The van der Waals surface area contributed by atoms with E-state index in [1.807, 2.05) is 74.7 Å². The zero-order chi connectivity index (χ0) is 16.4. The average Bonchev–Trinajstić information content (AvgIpc) is 2.44. The lowest BCUT2D eigenvalue weighted by Crippen LogP contribution is -2.41. The molecular weight excluding hydrogens is 308 g/mol. The van der Waals surface area contributed by atoms with Gasteiger partial charge >= 0.3 is 0 Å². The normalized spacial score (nSPS) is 12.8. The first-order valence-electron chi connectivity index (χ1n) is 7.24. The van der Waals surface area contributed by atoms with Crippen LogP contribution < -0.4 is 10.4 Å². The first-order valence-corrected chi connectivity index (χ1v) is 13.1. The van der Waals surface area contributed by atoms with Crippen molar-refractivity contribution < 1.29 is 9.59 Å². The summed E-state index contributed by atoms with van der Waals surface area (Å²) in [6.07, 6.45) is 0. The van der Waals surface area contributed by atoms with Crippen LogP contribution in [0.1, 0.15) is 0 Å². The van der Waals surface area contributed by atoms with Gasteiger partial charge in [0.1, 0.15) is 0 Å². The lowest BCUT2D eigenvalue weighted by Gasteiger charge is -2.14. The molecule has 116 valence electrons. The molecule has 0 heterocycles. The van der Waals surface area contributed by atoms with Gasteiger partial charge in [-0.25, -0.2) is 0 Å². The van der Waals surface area contributed by atoms with Gasteiger partial charge in [-0.3, -0.25) is 0 Å². The second-order valence-corrected chi connectivity index (χ2v) is 13.8. The van der Waals surface area contributed by atoms with E-state index in [-0.39, 0.29) is 0 Å². The Morgan fingerprint density at radius 3 is 1.36 bits per heavy atom. The third-order valence-electron chi connectivity index (χ3n) is 3.39. The highest BCUT2D eigenvalue weighted by Crippen LogP contribution is 2.17. The van der Waals surface area contributed by atoms with Crippen LogP contribution in [0.3, 0.4) is 0 Å². The quantitative estimate of drug-likeness (QED) is 0.669. The van der Waals surface area contributed by atoms with Crippen molar-refractivity contribution in [3.63, 3.8) is 0 Å². The molecule has 4 nitrogen and oxygen atoms in total. The predicted octanol–water partition coefficient (Wildman–Crippen LogP) is 2.91. The van der Waals surface area contributed by atoms with Gasteiger partial charge in [0.25, 0.3) is 0 Å². The maximum atomic E-state index is 10.2. The van der Waals surface area contributed by atoms with Crippen LogP contribution >= 0.6 is 0 Å².